The zero-order valence-corrected chi connectivity index (χ0v) is 13.7. The summed E-state index contributed by atoms with van der Waals surface area (Å²) in [6.45, 7) is 4.57. The SMILES string of the molecule is Cc1cc(N2CCN(S(=O)(=O)C3CC3)CC2)nc(C2CC2)n1. The van der Waals surface area contributed by atoms with Crippen LogP contribution >= 0.6 is 0 Å². The van der Waals surface area contributed by atoms with Crippen LogP contribution in [-0.4, -0.2) is 54.1 Å². The second-order valence-corrected chi connectivity index (χ2v) is 8.84. The van der Waals surface area contributed by atoms with E-state index in [1.54, 1.807) is 4.31 Å². The summed E-state index contributed by atoms with van der Waals surface area (Å²) < 4.78 is 26.2. The minimum absolute atomic E-state index is 0.109. The van der Waals surface area contributed by atoms with Crippen molar-refractivity contribution in [3.63, 3.8) is 0 Å². The van der Waals surface area contributed by atoms with Gasteiger partial charge in [0.25, 0.3) is 0 Å². The van der Waals surface area contributed by atoms with Gasteiger partial charge >= 0.3 is 0 Å². The van der Waals surface area contributed by atoms with Crippen LogP contribution in [0.2, 0.25) is 0 Å². The number of aromatic nitrogens is 2. The number of rotatable bonds is 4. The first kappa shape index (κ1) is 14.4. The summed E-state index contributed by atoms with van der Waals surface area (Å²) in [6.07, 6.45) is 4.05. The van der Waals surface area contributed by atoms with Gasteiger partial charge in [0.05, 0.1) is 5.25 Å². The van der Waals surface area contributed by atoms with E-state index >= 15 is 0 Å². The summed E-state index contributed by atoms with van der Waals surface area (Å²) in [5.74, 6) is 2.45. The standard InChI is InChI=1S/C15H22N4O2S/c1-11-10-14(17-15(16-11)12-2-3-12)18-6-8-19(9-7-18)22(20,21)13-4-5-13/h10,12-13H,2-9H2,1H3. The molecule has 1 aliphatic heterocycles. The van der Waals surface area contributed by atoms with Gasteiger partial charge in [-0.2, -0.15) is 4.31 Å². The largest absolute Gasteiger partial charge is 0.354 e. The van der Waals surface area contributed by atoms with Gasteiger partial charge in [-0.1, -0.05) is 0 Å². The molecule has 0 radical (unpaired) electrons. The fourth-order valence-corrected chi connectivity index (χ4v) is 4.83. The van der Waals surface area contributed by atoms with Crippen molar-refractivity contribution in [2.24, 2.45) is 0 Å². The molecule has 22 heavy (non-hydrogen) atoms. The first-order valence-corrected chi connectivity index (χ1v) is 9.64. The van der Waals surface area contributed by atoms with Crippen LogP contribution in [0.25, 0.3) is 0 Å². The molecule has 0 aromatic carbocycles. The van der Waals surface area contributed by atoms with E-state index in [0.29, 0.717) is 32.1 Å². The molecule has 7 heteroatoms. The van der Waals surface area contributed by atoms with Gasteiger partial charge in [0, 0.05) is 43.9 Å². The number of aryl methyl sites for hydroxylation is 1. The molecule has 0 spiro atoms. The van der Waals surface area contributed by atoms with Crippen molar-refractivity contribution in [1.82, 2.24) is 14.3 Å². The molecule has 0 N–H and O–H groups in total. The zero-order valence-electron chi connectivity index (χ0n) is 12.9. The van der Waals surface area contributed by atoms with E-state index < -0.39 is 10.0 Å². The second kappa shape index (κ2) is 5.16. The summed E-state index contributed by atoms with van der Waals surface area (Å²) in [7, 11) is -3.04. The third-order valence-corrected chi connectivity index (χ3v) is 7.07. The van der Waals surface area contributed by atoms with Crippen LogP contribution in [0.15, 0.2) is 6.07 Å². The Balaban J connectivity index is 1.47. The number of anilines is 1. The van der Waals surface area contributed by atoms with E-state index in [0.717, 1.165) is 30.2 Å². The van der Waals surface area contributed by atoms with Crippen LogP contribution in [0.1, 0.15) is 43.1 Å². The van der Waals surface area contributed by atoms with Crippen molar-refractivity contribution < 1.29 is 8.42 Å². The Hall–Kier alpha value is -1.21. The highest BCUT2D eigenvalue weighted by molar-refractivity contribution is 7.90. The maximum Gasteiger partial charge on any atom is 0.217 e. The molecular weight excluding hydrogens is 300 g/mol. The van der Waals surface area contributed by atoms with E-state index in [1.807, 2.05) is 13.0 Å². The lowest BCUT2D eigenvalue weighted by Crippen LogP contribution is -2.49. The Morgan fingerprint density at radius 1 is 1.05 bits per heavy atom. The smallest absolute Gasteiger partial charge is 0.217 e. The molecule has 1 saturated heterocycles. The molecule has 4 rings (SSSR count). The van der Waals surface area contributed by atoms with Crippen LogP contribution in [0, 0.1) is 6.92 Å². The number of hydrogen-bond donors (Lipinski definition) is 0. The Morgan fingerprint density at radius 2 is 1.73 bits per heavy atom. The van der Waals surface area contributed by atoms with E-state index in [2.05, 4.69) is 9.88 Å². The fraction of sp³-hybridized carbons (Fsp3) is 0.733. The lowest BCUT2D eigenvalue weighted by Gasteiger charge is -2.35. The van der Waals surface area contributed by atoms with E-state index in [4.69, 9.17) is 4.98 Å². The molecular formula is C15H22N4O2S. The van der Waals surface area contributed by atoms with Crippen molar-refractivity contribution in [2.45, 2.75) is 43.8 Å². The van der Waals surface area contributed by atoms with Gasteiger partial charge in [0.2, 0.25) is 10.0 Å². The molecule has 2 saturated carbocycles. The minimum atomic E-state index is -3.04. The van der Waals surface area contributed by atoms with Gasteiger partial charge in [0.1, 0.15) is 11.6 Å². The van der Waals surface area contributed by atoms with Crippen molar-refractivity contribution in [2.75, 3.05) is 31.1 Å². The Morgan fingerprint density at radius 3 is 2.32 bits per heavy atom. The highest BCUT2D eigenvalue weighted by Crippen LogP contribution is 2.38. The molecule has 3 aliphatic rings. The summed E-state index contributed by atoms with van der Waals surface area (Å²) in [5.41, 5.74) is 1.000. The van der Waals surface area contributed by atoms with Crippen LogP contribution in [-0.2, 0) is 10.0 Å². The average molecular weight is 322 g/mol. The number of piperazine rings is 1. The molecule has 0 amide bonds. The number of hydrogen-bond acceptors (Lipinski definition) is 5. The zero-order chi connectivity index (χ0) is 15.3. The topological polar surface area (TPSA) is 66.4 Å². The molecule has 3 fully saturated rings. The maximum absolute atomic E-state index is 12.3. The maximum atomic E-state index is 12.3. The normalized spacial score (nSPS) is 23.8. The van der Waals surface area contributed by atoms with Gasteiger partial charge < -0.3 is 4.90 Å². The Kier molecular flexibility index (Phi) is 3.38. The van der Waals surface area contributed by atoms with E-state index in [-0.39, 0.29) is 5.25 Å². The summed E-state index contributed by atoms with van der Waals surface area (Å²) in [4.78, 5) is 11.4. The molecule has 1 aromatic rings. The molecule has 0 unspecified atom stereocenters. The van der Waals surface area contributed by atoms with Crippen LogP contribution in [0.3, 0.4) is 0 Å². The summed E-state index contributed by atoms with van der Waals surface area (Å²) in [5, 5.41) is -0.109. The Labute approximate surface area is 131 Å². The lowest BCUT2D eigenvalue weighted by atomic mass is 10.3. The third kappa shape index (κ3) is 2.72. The van der Waals surface area contributed by atoms with Crippen molar-refractivity contribution in [1.29, 1.82) is 0 Å². The van der Waals surface area contributed by atoms with Crippen molar-refractivity contribution in [3.8, 4) is 0 Å². The first-order chi connectivity index (χ1) is 10.5. The molecule has 120 valence electrons. The quantitative estimate of drug-likeness (QED) is 0.835. The molecule has 1 aromatic heterocycles. The van der Waals surface area contributed by atoms with Gasteiger partial charge in [0.15, 0.2) is 0 Å². The van der Waals surface area contributed by atoms with Gasteiger partial charge in [-0.15, -0.1) is 0 Å². The Bertz CT molecular complexity index is 675. The van der Waals surface area contributed by atoms with Crippen LogP contribution in [0.5, 0.6) is 0 Å². The highest BCUT2D eigenvalue weighted by atomic mass is 32.2. The van der Waals surface area contributed by atoms with Crippen LogP contribution in [0.4, 0.5) is 5.82 Å². The third-order valence-electron chi connectivity index (χ3n) is 4.67. The molecule has 0 atom stereocenters. The van der Waals surface area contributed by atoms with Crippen LogP contribution < -0.4 is 4.90 Å². The second-order valence-electron chi connectivity index (χ2n) is 6.63. The minimum Gasteiger partial charge on any atom is -0.354 e. The first-order valence-electron chi connectivity index (χ1n) is 8.13. The van der Waals surface area contributed by atoms with Gasteiger partial charge in [-0.3, -0.25) is 0 Å². The van der Waals surface area contributed by atoms with Gasteiger partial charge in [-0.05, 0) is 32.6 Å². The molecule has 2 aliphatic carbocycles. The van der Waals surface area contributed by atoms with E-state index in [9.17, 15) is 8.42 Å². The van der Waals surface area contributed by atoms with Crippen molar-refractivity contribution >= 4 is 15.8 Å². The van der Waals surface area contributed by atoms with Gasteiger partial charge in [-0.25, -0.2) is 18.4 Å². The van der Waals surface area contributed by atoms with E-state index in [1.165, 1.54) is 12.8 Å². The lowest BCUT2D eigenvalue weighted by molar-refractivity contribution is 0.383. The number of sulfonamides is 1. The number of nitrogens with zero attached hydrogens (tertiary/aromatic N) is 4. The summed E-state index contributed by atoms with van der Waals surface area (Å²) in [6, 6.07) is 2.01. The average Bonchev–Trinajstić information content (AvgIpc) is 3.40. The molecule has 0 bridgehead atoms. The van der Waals surface area contributed by atoms with Crippen molar-refractivity contribution in [3.05, 3.63) is 17.6 Å². The summed E-state index contributed by atoms with van der Waals surface area (Å²) >= 11 is 0. The molecule has 2 heterocycles. The highest BCUT2D eigenvalue weighted by Gasteiger charge is 2.41. The monoisotopic (exact) mass is 322 g/mol. The fourth-order valence-electron chi connectivity index (χ4n) is 3.01. The predicted molar refractivity (Wildman–Crippen MR) is 84.5 cm³/mol. The molecule has 6 nitrogen and oxygen atoms in total. The predicted octanol–water partition coefficient (Wildman–Crippen LogP) is 1.28.